The van der Waals surface area contributed by atoms with Crippen LogP contribution in [0.15, 0.2) is 36.8 Å². The molecule has 0 unspecified atom stereocenters. The van der Waals surface area contributed by atoms with Gasteiger partial charge in [0, 0.05) is 18.4 Å². The van der Waals surface area contributed by atoms with Crippen molar-refractivity contribution in [2.24, 2.45) is 0 Å². The van der Waals surface area contributed by atoms with E-state index in [9.17, 15) is 26.7 Å². The standard InChI is InChI=1S/C18H18F5N3O3/c1-28-16(27)11-2-4-12(5-3-11)26-7-13(6-14(26)9-29-17(19)20)25-8-15(24-10-25)18(21,22)23/h2-5,8,10,13-14,17H,6-7,9H2,1H3/t13-,14-/m0/s1. The van der Waals surface area contributed by atoms with E-state index in [1.54, 1.807) is 17.0 Å². The SMILES string of the molecule is COC(=O)c1ccc(N2C[C@@H](n3cnc(C(F)(F)F)c3)C[C@H]2COC(F)F)cc1. The van der Waals surface area contributed by atoms with Crippen LogP contribution >= 0.6 is 0 Å². The summed E-state index contributed by atoms with van der Waals surface area (Å²) < 4.78 is 73.9. The third kappa shape index (κ3) is 4.84. The molecule has 1 aliphatic rings. The van der Waals surface area contributed by atoms with Crippen LogP contribution < -0.4 is 4.90 Å². The number of benzene rings is 1. The number of methoxy groups -OCH3 is 1. The second-order valence-corrected chi connectivity index (χ2v) is 6.53. The molecule has 0 bridgehead atoms. The maximum Gasteiger partial charge on any atom is 0.434 e. The van der Waals surface area contributed by atoms with Gasteiger partial charge in [-0.15, -0.1) is 0 Å². The van der Waals surface area contributed by atoms with Gasteiger partial charge in [-0.3, -0.25) is 0 Å². The monoisotopic (exact) mass is 419 g/mol. The Morgan fingerprint density at radius 1 is 1.28 bits per heavy atom. The number of alkyl halides is 5. The van der Waals surface area contributed by atoms with Crippen LogP contribution in [0.4, 0.5) is 27.6 Å². The second kappa shape index (κ2) is 8.36. The largest absolute Gasteiger partial charge is 0.465 e. The quantitative estimate of drug-likeness (QED) is 0.527. The average Bonchev–Trinajstić information content (AvgIpc) is 3.32. The first-order valence-corrected chi connectivity index (χ1v) is 8.64. The lowest BCUT2D eigenvalue weighted by atomic mass is 10.1. The predicted molar refractivity (Wildman–Crippen MR) is 91.8 cm³/mol. The predicted octanol–water partition coefficient (Wildman–Crippen LogP) is 3.75. The van der Waals surface area contributed by atoms with Crippen LogP contribution in [0.25, 0.3) is 0 Å². The molecule has 158 valence electrons. The zero-order chi connectivity index (χ0) is 21.2. The maximum absolute atomic E-state index is 12.8. The molecule has 0 radical (unpaired) electrons. The number of anilines is 1. The molecule has 0 spiro atoms. The van der Waals surface area contributed by atoms with Crippen molar-refractivity contribution in [1.29, 1.82) is 0 Å². The molecule has 1 saturated heterocycles. The molecule has 1 aromatic carbocycles. The number of aromatic nitrogens is 2. The first-order valence-electron chi connectivity index (χ1n) is 8.64. The minimum Gasteiger partial charge on any atom is -0.465 e. The fourth-order valence-corrected chi connectivity index (χ4v) is 3.36. The Labute approximate surface area is 162 Å². The zero-order valence-corrected chi connectivity index (χ0v) is 15.3. The lowest BCUT2D eigenvalue weighted by Gasteiger charge is -2.26. The van der Waals surface area contributed by atoms with Crippen LogP contribution in [0.5, 0.6) is 0 Å². The number of carbonyl (C=O) groups is 1. The van der Waals surface area contributed by atoms with E-state index in [4.69, 9.17) is 0 Å². The van der Waals surface area contributed by atoms with Gasteiger partial charge in [-0.05, 0) is 30.7 Å². The van der Waals surface area contributed by atoms with Crippen molar-refractivity contribution in [3.05, 3.63) is 48.0 Å². The first kappa shape index (κ1) is 21.0. The van der Waals surface area contributed by atoms with Crippen LogP contribution in [-0.2, 0) is 15.7 Å². The van der Waals surface area contributed by atoms with E-state index < -0.39 is 36.5 Å². The van der Waals surface area contributed by atoms with Crippen LogP contribution in [0.3, 0.4) is 0 Å². The van der Waals surface area contributed by atoms with Gasteiger partial charge in [0.25, 0.3) is 0 Å². The molecule has 2 heterocycles. The van der Waals surface area contributed by atoms with Crippen molar-refractivity contribution in [1.82, 2.24) is 9.55 Å². The summed E-state index contributed by atoms with van der Waals surface area (Å²) in [5.41, 5.74) is -0.0743. The minimum absolute atomic E-state index is 0.266. The number of carbonyl (C=O) groups excluding carboxylic acids is 1. The Hall–Kier alpha value is -2.69. The van der Waals surface area contributed by atoms with E-state index in [1.165, 1.54) is 23.8 Å². The molecule has 0 aliphatic carbocycles. The van der Waals surface area contributed by atoms with Gasteiger partial charge in [0.05, 0.1) is 37.7 Å². The molecule has 1 fully saturated rings. The molecule has 11 heteroatoms. The summed E-state index contributed by atoms with van der Waals surface area (Å²) in [6, 6.07) is 5.40. The van der Waals surface area contributed by atoms with Gasteiger partial charge < -0.3 is 18.9 Å². The van der Waals surface area contributed by atoms with Crippen molar-refractivity contribution >= 4 is 11.7 Å². The summed E-state index contributed by atoms with van der Waals surface area (Å²) >= 11 is 0. The molecule has 2 atom stereocenters. The highest BCUT2D eigenvalue weighted by molar-refractivity contribution is 5.89. The topological polar surface area (TPSA) is 56.6 Å². The van der Waals surface area contributed by atoms with E-state index in [-0.39, 0.29) is 13.2 Å². The molecule has 6 nitrogen and oxygen atoms in total. The summed E-state index contributed by atoms with van der Waals surface area (Å²) in [4.78, 5) is 16.7. The molecule has 1 aromatic heterocycles. The zero-order valence-electron chi connectivity index (χ0n) is 15.3. The molecule has 0 N–H and O–H groups in total. The Morgan fingerprint density at radius 2 is 1.97 bits per heavy atom. The highest BCUT2D eigenvalue weighted by atomic mass is 19.4. The number of hydrogen-bond acceptors (Lipinski definition) is 5. The summed E-state index contributed by atoms with van der Waals surface area (Å²) in [6.45, 7) is -2.99. The third-order valence-corrected chi connectivity index (χ3v) is 4.74. The number of esters is 1. The Kier molecular flexibility index (Phi) is 6.06. The number of halogens is 5. The normalized spacial score (nSPS) is 19.8. The lowest BCUT2D eigenvalue weighted by Crippen LogP contribution is -2.33. The fourth-order valence-electron chi connectivity index (χ4n) is 3.36. The molecule has 29 heavy (non-hydrogen) atoms. The van der Waals surface area contributed by atoms with E-state index in [0.717, 1.165) is 12.5 Å². The number of nitrogens with zero attached hydrogens (tertiary/aromatic N) is 3. The fraction of sp³-hybridized carbons (Fsp3) is 0.444. The molecule has 0 amide bonds. The number of imidazole rings is 1. The Morgan fingerprint density at radius 3 is 2.52 bits per heavy atom. The van der Waals surface area contributed by atoms with Crippen molar-refractivity contribution in [3.8, 4) is 0 Å². The number of rotatable bonds is 6. The second-order valence-electron chi connectivity index (χ2n) is 6.53. The molecule has 3 rings (SSSR count). The van der Waals surface area contributed by atoms with E-state index >= 15 is 0 Å². The summed E-state index contributed by atoms with van der Waals surface area (Å²) in [6.07, 6.45) is -2.29. The molecular weight excluding hydrogens is 401 g/mol. The van der Waals surface area contributed by atoms with Crippen LogP contribution in [0, 0.1) is 0 Å². The first-order chi connectivity index (χ1) is 13.7. The van der Waals surface area contributed by atoms with Crippen molar-refractivity contribution < 1.29 is 36.2 Å². The smallest absolute Gasteiger partial charge is 0.434 e. The van der Waals surface area contributed by atoms with Gasteiger partial charge >= 0.3 is 18.8 Å². The molecule has 2 aromatic rings. The average molecular weight is 419 g/mol. The Bertz CT molecular complexity index is 838. The minimum atomic E-state index is -4.56. The van der Waals surface area contributed by atoms with Gasteiger partial charge in [0.1, 0.15) is 0 Å². The molecule has 0 saturated carbocycles. The third-order valence-electron chi connectivity index (χ3n) is 4.74. The van der Waals surface area contributed by atoms with Crippen LogP contribution in [0.2, 0.25) is 0 Å². The van der Waals surface area contributed by atoms with Gasteiger partial charge in [0.2, 0.25) is 0 Å². The van der Waals surface area contributed by atoms with Crippen LogP contribution in [0.1, 0.15) is 28.5 Å². The number of ether oxygens (including phenoxy) is 2. The van der Waals surface area contributed by atoms with E-state index in [2.05, 4.69) is 14.5 Å². The van der Waals surface area contributed by atoms with Crippen molar-refractivity contribution in [3.63, 3.8) is 0 Å². The maximum atomic E-state index is 12.8. The van der Waals surface area contributed by atoms with Crippen molar-refractivity contribution in [2.75, 3.05) is 25.2 Å². The summed E-state index contributed by atoms with van der Waals surface area (Å²) in [5.74, 6) is -0.522. The van der Waals surface area contributed by atoms with Crippen molar-refractivity contribution in [2.45, 2.75) is 31.3 Å². The highest BCUT2D eigenvalue weighted by Crippen LogP contribution is 2.34. The lowest BCUT2D eigenvalue weighted by molar-refractivity contribution is -0.141. The number of hydrogen-bond donors (Lipinski definition) is 0. The van der Waals surface area contributed by atoms with E-state index in [1.807, 2.05) is 0 Å². The van der Waals surface area contributed by atoms with E-state index in [0.29, 0.717) is 17.7 Å². The van der Waals surface area contributed by atoms with Crippen LogP contribution in [-0.4, -0.2) is 48.4 Å². The summed E-state index contributed by atoms with van der Waals surface area (Å²) in [5, 5.41) is 0. The van der Waals surface area contributed by atoms with Gasteiger partial charge in [0.15, 0.2) is 5.69 Å². The van der Waals surface area contributed by atoms with Gasteiger partial charge in [-0.25, -0.2) is 9.78 Å². The molecule has 1 aliphatic heterocycles. The van der Waals surface area contributed by atoms with Gasteiger partial charge in [-0.1, -0.05) is 0 Å². The Balaban J connectivity index is 1.81. The highest BCUT2D eigenvalue weighted by Gasteiger charge is 2.37. The summed E-state index contributed by atoms with van der Waals surface area (Å²) in [7, 11) is 1.25. The van der Waals surface area contributed by atoms with Gasteiger partial charge in [-0.2, -0.15) is 22.0 Å². The molecular formula is C18H18F5N3O3.